The van der Waals surface area contributed by atoms with Gasteiger partial charge < -0.3 is 72.5 Å². The molecule has 68 heavy (non-hydrogen) atoms. The Kier molecular flexibility index (Phi) is 35.5. The third-order valence-electron chi connectivity index (χ3n) is 7.31. The molecule has 0 amide bonds. The molecule has 8 aromatic rings. The van der Waals surface area contributed by atoms with Crippen molar-refractivity contribution < 1.29 is 135 Å². The third-order valence-corrected chi connectivity index (χ3v) is 9.83. The maximum atomic E-state index is 10.1. The minimum atomic E-state index is -1.37. The Morgan fingerprint density at radius 3 is 0.721 bits per heavy atom. The molecule has 0 saturated carbocycles. The van der Waals surface area contributed by atoms with Gasteiger partial charge in [-0.05, 0) is 97.1 Å². The summed E-state index contributed by atoms with van der Waals surface area (Å²) in [5.41, 5.74) is 6.15. The van der Waals surface area contributed by atoms with Gasteiger partial charge in [-0.1, -0.05) is 47.5 Å². The van der Waals surface area contributed by atoms with Crippen LogP contribution in [0.25, 0.3) is 45.6 Å². The smallest absolute Gasteiger partial charge is 0.0909 e. The van der Waals surface area contributed by atoms with Gasteiger partial charge in [0, 0.05) is 97.1 Å². The summed E-state index contributed by atoms with van der Waals surface area (Å²) in [6, 6.07) is 34.7. The number of aromatic carboxylic acids is 4. The fraction of sp³-hybridized carbons (Fsp3) is 0. The summed E-state index contributed by atoms with van der Waals surface area (Å²) in [4.78, 5) is 66.3. The monoisotopic (exact) mass is 1450 g/mol. The van der Waals surface area contributed by atoms with E-state index in [9.17, 15) is 39.6 Å². The number of carbonyl (C=O) groups excluding carboxylic acids is 4. The summed E-state index contributed by atoms with van der Waals surface area (Å²) in [6.45, 7) is 0. The van der Waals surface area contributed by atoms with Gasteiger partial charge in [0.1, 0.15) is 0 Å². The minimum absolute atomic E-state index is 0. The molecule has 0 aromatic carbocycles. The number of hydrogen-bond donors (Lipinski definition) is 0. The van der Waals surface area contributed by atoms with E-state index < -0.39 is 23.9 Å². The third kappa shape index (κ3) is 21.3. The molecule has 8 heterocycles. The van der Waals surface area contributed by atoms with Crippen molar-refractivity contribution in [1.82, 2.24) is 29.9 Å². The van der Waals surface area contributed by atoms with E-state index in [1.54, 1.807) is 49.1 Å². The van der Waals surface area contributed by atoms with Crippen molar-refractivity contribution >= 4 is 69.8 Å². The maximum Gasteiger partial charge on any atom is 0.0909 e. The molecule has 0 spiro atoms. The average molecular weight is 1450 g/mol. The van der Waals surface area contributed by atoms with Gasteiger partial charge in [0.05, 0.1) is 88.9 Å². The normalized spacial score (nSPS) is 8.85. The van der Waals surface area contributed by atoms with Crippen LogP contribution in [0.5, 0.6) is 0 Å². The minimum Gasteiger partial charge on any atom is -2.00 e. The van der Waals surface area contributed by atoms with E-state index >= 15 is 0 Å². The molecular weight excluding hydrogens is 1420 g/mol. The van der Waals surface area contributed by atoms with Crippen LogP contribution in [0.4, 0.5) is 0 Å². The van der Waals surface area contributed by atoms with Crippen LogP contribution < -0.4 is 20.4 Å². The Morgan fingerprint density at radius 2 is 0.574 bits per heavy atom. The van der Waals surface area contributed by atoms with Crippen molar-refractivity contribution in [2.75, 3.05) is 0 Å². The summed E-state index contributed by atoms with van der Waals surface area (Å²) in [5.74, 6) is -5.49. The molecule has 0 aliphatic rings. The summed E-state index contributed by atoms with van der Waals surface area (Å²) in [7, 11) is 0. The molecule has 0 fully saturated rings. The Morgan fingerprint density at radius 1 is 0.368 bits per heavy atom. The van der Waals surface area contributed by atoms with Gasteiger partial charge in [-0.25, -0.2) is 9.97 Å². The zero-order valence-electron chi connectivity index (χ0n) is 34.0. The molecule has 0 aliphatic heterocycles. The van der Waals surface area contributed by atoms with Gasteiger partial charge in [0.2, 0.25) is 0 Å². The average Bonchev–Trinajstić information content (AvgIpc) is 3.98. The van der Waals surface area contributed by atoms with E-state index in [0.29, 0.717) is 32.7 Å². The summed E-state index contributed by atoms with van der Waals surface area (Å²) in [5, 5.41) is 41.7. The predicted octanol–water partition coefficient (Wildman–Crippen LogP) is 2.54. The topological polar surface area (TPSA) is 415 Å². The number of thiophene rings is 2. The van der Waals surface area contributed by atoms with Crippen molar-refractivity contribution in [3.63, 3.8) is 0 Å². The van der Waals surface area contributed by atoms with Crippen LogP contribution in [0, 0.1) is 62.2 Å². The van der Waals surface area contributed by atoms with Gasteiger partial charge >= 0.3 is 0 Å². The quantitative estimate of drug-likeness (QED) is 0.211. The first-order chi connectivity index (χ1) is 28.9. The second-order valence-electron chi connectivity index (χ2n) is 11.4. The number of carboxylic acids is 4. The maximum absolute atomic E-state index is 10.1. The van der Waals surface area contributed by atoms with E-state index in [0.717, 1.165) is 45.6 Å². The van der Waals surface area contributed by atoms with Crippen LogP contribution in [-0.4, -0.2) is 64.7 Å². The Bertz CT molecular complexity index is 2380. The second kappa shape index (κ2) is 34.8. The zero-order valence-corrected chi connectivity index (χ0v) is 45.5. The molecule has 0 atom stereocenters. The molecule has 0 saturated heterocycles. The van der Waals surface area contributed by atoms with Crippen molar-refractivity contribution in [2.24, 2.45) is 0 Å². The molecular formula is C42H28Cl2N6O14S2U2-12. The molecule has 26 heteroatoms. The number of rotatable bonds is 8. The standard InChI is InChI=1S/2C15H10ClN3.2C6H4O4S.2H2O.4O.2U/c2*16-11-9-14(12-5-1-3-7-17-12)19-15(10-11)13-6-2-4-8-18-13;2*7-5(8)3-1-2-4(11-3)6(9)10;;;;;;;;/h2*1-10H;2*1-2H,(H,7,8)(H,9,10);2*1H2;;;;;;/q;;;;;;4*-2;;/p-4. The van der Waals surface area contributed by atoms with E-state index in [2.05, 4.69) is 29.9 Å². The van der Waals surface area contributed by atoms with E-state index in [1.165, 1.54) is 24.3 Å². The molecule has 8 rings (SSSR count). The van der Waals surface area contributed by atoms with Crippen LogP contribution in [0.3, 0.4) is 0 Å². The summed E-state index contributed by atoms with van der Waals surface area (Å²) in [6.07, 6.45) is 6.94. The molecule has 0 bridgehead atoms. The van der Waals surface area contributed by atoms with Gasteiger partial charge in [-0.3, -0.25) is 19.9 Å². The molecule has 0 radical (unpaired) electrons. The van der Waals surface area contributed by atoms with Crippen LogP contribution >= 0.6 is 45.9 Å². The van der Waals surface area contributed by atoms with Gasteiger partial charge in [-0.15, -0.1) is 22.7 Å². The fourth-order valence-electron chi connectivity index (χ4n) is 4.69. The molecule has 20 nitrogen and oxygen atoms in total. The second-order valence-corrected chi connectivity index (χ2v) is 14.5. The number of pyridine rings is 6. The fourth-order valence-corrected chi connectivity index (χ4v) is 6.46. The Labute approximate surface area is 451 Å². The van der Waals surface area contributed by atoms with Crippen LogP contribution in [-0.2, 0) is 21.9 Å². The van der Waals surface area contributed by atoms with Gasteiger partial charge in [0.15, 0.2) is 0 Å². The molecule has 0 aliphatic carbocycles. The number of nitrogens with zero attached hydrogens (tertiary/aromatic N) is 6. The predicted molar refractivity (Wildman–Crippen MR) is 227 cm³/mol. The van der Waals surface area contributed by atoms with E-state index in [4.69, 9.17) is 23.2 Å². The van der Waals surface area contributed by atoms with Gasteiger partial charge in [-0.2, -0.15) is 0 Å². The first kappa shape index (κ1) is 69.2. The number of hydrogen-bond acceptors (Lipinski definition) is 16. The Hall–Kier alpha value is -5.38. The van der Waals surface area contributed by atoms with E-state index in [-0.39, 0.29) is 115 Å². The number of aromatic nitrogens is 6. The largest absolute Gasteiger partial charge is 2.00 e. The van der Waals surface area contributed by atoms with Gasteiger partial charge in [0.25, 0.3) is 0 Å². The first-order valence-corrected chi connectivity index (χ1v) is 19.3. The van der Waals surface area contributed by atoms with Crippen molar-refractivity contribution in [2.45, 2.75) is 0 Å². The molecule has 8 aromatic heterocycles. The summed E-state index contributed by atoms with van der Waals surface area (Å²) < 4.78 is 0. The molecule has 0 unspecified atom stereocenters. The van der Waals surface area contributed by atoms with Crippen LogP contribution in [0.15, 0.2) is 146 Å². The molecule has 4 N–H and O–H groups in total. The Balaban J connectivity index is -0.000000398. The molecule has 356 valence electrons. The SMILES string of the molecule is Clc1cc(-c2ccccn2)nc(-c2ccccn2)c1.Clc1cc(-c2ccccn2)nc(-c2ccccn2)c1.O.O.O=C([O-])c1ccc(C(=O)[O-])s1.O=C([O-])c1ccc(C(=O)[O-])s1.[O-2].[O-2].[O-2].[O-2].[U].[U]. The van der Waals surface area contributed by atoms with E-state index in [1.807, 2.05) is 72.8 Å². The number of carbonyl (C=O) groups is 4. The van der Waals surface area contributed by atoms with Crippen molar-refractivity contribution in [1.29, 1.82) is 0 Å². The first-order valence-electron chi connectivity index (χ1n) is 16.9. The summed E-state index contributed by atoms with van der Waals surface area (Å²) >= 11 is 13.6. The van der Waals surface area contributed by atoms with Crippen LogP contribution in [0.2, 0.25) is 10.0 Å². The zero-order chi connectivity index (χ0) is 43.0. The number of halogens is 2. The van der Waals surface area contributed by atoms with Crippen molar-refractivity contribution in [3.8, 4) is 45.6 Å². The van der Waals surface area contributed by atoms with Crippen LogP contribution in [0.1, 0.15) is 38.7 Å². The van der Waals surface area contributed by atoms with Crippen molar-refractivity contribution in [3.05, 3.63) is 176 Å². The number of carboxylic acid groups (broad SMARTS) is 4.